The van der Waals surface area contributed by atoms with Crippen LogP contribution in [-0.4, -0.2) is 20.9 Å². The van der Waals surface area contributed by atoms with Crippen LogP contribution in [0.3, 0.4) is 0 Å². The predicted octanol–water partition coefficient (Wildman–Crippen LogP) is 5.01. The molecule has 0 unspecified atom stereocenters. The maximum absolute atomic E-state index is 13.1. The number of carbonyl (C=O) groups excluding carboxylic acids is 1. The normalized spacial score (nSPS) is 15.8. The Morgan fingerprint density at radius 3 is 2.61 bits per heavy atom. The largest absolute Gasteiger partial charge is 0.358 e. The van der Waals surface area contributed by atoms with Crippen LogP contribution in [-0.2, 0) is 15.6 Å². The highest BCUT2D eigenvalue weighted by Crippen LogP contribution is 2.49. The summed E-state index contributed by atoms with van der Waals surface area (Å²) in [6, 6.07) is 14.3. The van der Waals surface area contributed by atoms with E-state index in [1.54, 1.807) is 6.33 Å². The van der Waals surface area contributed by atoms with Crippen molar-refractivity contribution in [2.75, 3.05) is 5.32 Å². The third kappa shape index (κ3) is 2.70. The van der Waals surface area contributed by atoms with E-state index >= 15 is 0 Å². The Balaban J connectivity index is 1.43. The quantitative estimate of drug-likeness (QED) is 0.473. The predicted molar refractivity (Wildman–Crippen MR) is 113 cm³/mol. The molecule has 0 saturated heterocycles. The van der Waals surface area contributed by atoms with E-state index in [0.717, 1.165) is 46.0 Å². The smallest absolute Gasteiger partial charge is 0.235 e. The number of carbonyl (C=O) groups is 1. The maximum atomic E-state index is 13.1. The van der Waals surface area contributed by atoms with Gasteiger partial charge in [-0.25, -0.2) is 4.98 Å². The van der Waals surface area contributed by atoms with Gasteiger partial charge in [-0.15, -0.1) is 0 Å². The first-order valence-electron chi connectivity index (χ1n) is 9.74. The van der Waals surface area contributed by atoms with Gasteiger partial charge in [-0.1, -0.05) is 26.8 Å². The Kier molecular flexibility index (Phi) is 3.48. The van der Waals surface area contributed by atoms with E-state index in [1.165, 1.54) is 5.69 Å². The Morgan fingerprint density at radius 2 is 1.86 bits per heavy atom. The second kappa shape index (κ2) is 5.71. The first kappa shape index (κ1) is 17.0. The Hall–Kier alpha value is -3.08. The third-order valence-corrected chi connectivity index (χ3v) is 5.85. The van der Waals surface area contributed by atoms with Gasteiger partial charge in [-0.05, 0) is 54.8 Å². The number of imidazole rings is 1. The number of nitrogens with one attached hydrogen (secondary N) is 3. The number of nitrogens with zero attached hydrogens (tertiary/aromatic N) is 1. The molecule has 2 aromatic heterocycles. The first-order valence-corrected chi connectivity index (χ1v) is 9.74. The van der Waals surface area contributed by atoms with Crippen LogP contribution in [0.25, 0.3) is 21.9 Å². The van der Waals surface area contributed by atoms with Gasteiger partial charge >= 0.3 is 0 Å². The molecule has 142 valence electrons. The standard InChI is InChI=1S/C23H24N4O/c1-22(2,3)20-11-14-10-16(5-7-17(14)27-20)26-21(28)23(8-9-23)15-4-6-18-19(12-15)25-13-24-18/h4-7,10-13,27H,8-9H2,1-3H3,(H,24,25)(H,26,28). The summed E-state index contributed by atoms with van der Waals surface area (Å²) in [7, 11) is 0. The molecule has 0 radical (unpaired) electrons. The number of aromatic amines is 2. The van der Waals surface area contributed by atoms with Crippen molar-refractivity contribution < 1.29 is 4.79 Å². The first-order chi connectivity index (χ1) is 13.3. The van der Waals surface area contributed by atoms with Gasteiger partial charge in [-0.2, -0.15) is 0 Å². The number of hydrogen-bond donors (Lipinski definition) is 3. The van der Waals surface area contributed by atoms with Crippen LogP contribution >= 0.6 is 0 Å². The molecule has 0 spiro atoms. The molecule has 2 aromatic carbocycles. The lowest BCUT2D eigenvalue weighted by Gasteiger charge is -2.16. The molecular formula is C23H24N4O. The summed E-state index contributed by atoms with van der Waals surface area (Å²) in [4.78, 5) is 24.0. The van der Waals surface area contributed by atoms with Gasteiger partial charge in [0.05, 0.1) is 22.8 Å². The van der Waals surface area contributed by atoms with Gasteiger partial charge in [0.2, 0.25) is 5.91 Å². The molecule has 1 saturated carbocycles. The average Bonchev–Trinajstić information content (AvgIpc) is 3.13. The fourth-order valence-corrected chi connectivity index (χ4v) is 3.87. The van der Waals surface area contributed by atoms with E-state index < -0.39 is 5.41 Å². The van der Waals surface area contributed by atoms with Crippen LogP contribution < -0.4 is 5.32 Å². The van der Waals surface area contributed by atoms with E-state index in [-0.39, 0.29) is 11.3 Å². The highest BCUT2D eigenvalue weighted by atomic mass is 16.2. The number of amides is 1. The minimum atomic E-state index is -0.434. The monoisotopic (exact) mass is 372 g/mol. The molecule has 1 fully saturated rings. The van der Waals surface area contributed by atoms with Crippen molar-refractivity contribution in [1.82, 2.24) is 15.0 Å². The summed E-state index contributed by atoms with van der Waals surface area (Å²) in [5.74, 6) is 0.0633. The molecule has 0 bridgehead atoms. The molecule has 5 rings (SSSR count). The van der Waals surface area contributed by atoms with E-state index in [9.17, 15) is 4.79 Å². The molecule has 1 aliphatic rings. The van der Waals surface area contributed by atoms with E-state index in [4.69, 9.17) is 0 Å². The van der Waals surface area contributed by atoms with Crippen molar-refractivity contribution in [1.29, 1.82) is 0 Å². The lowest BCUT2D eigenvalue weighted by atomic mass is 9.92. The van der Waals surface area contributed by atoms with Crippen LogP contribution in [0.4, 0.5) is 5.69 Å². The molecule has 5 heteroatoms. The van der Waals surface area contributed by atoms with Crippen LogP contribution in [0, 0.1) is 0 Å². The van der Waals surface area contributed by atoms with Crippen molar-refractivity contribution in [2.24, 2.45) is 0 Å². The highest BCUT2D eigenvalue weighted by molar-refractivity contribution is 6.03. The number of anilines is 1. The van der Waals surface area contributed by atoms with E-state index in [2.05, 4.69) is 47.1 Å². The summed E-state index contributed by atoms with van der Waals surface area (Å²) in [5, 5.41) is 4.26. The van der Waals surface area contributed by atoms with Crippen LogP contribution in [0.15, 0.2) is 48.8 Å². The summed E-state index contributed by atoms with van der Waals surface area (Å²) in [6.45, 7) is 6.56. The maximum Gasteiger partial charge on any atom is 0.235 e. The Labute approximate surface area is 163 Å². The molecule has 4 aromatic rings. The second-order valence-corrected chi connectivity index (χ2v) is 8.91. The summed E-state index contributed by atoms with van der Waals surface area (Å²) >= 11 is 0. The summed E-state index contributed by atoms with van der Waals surface area (Å²) in [6.07, 6.45) is 3.43. The summed E-state index contributed by atoms with van der Waals surface area (Å²) in [5.41, 5.74) is 5.69. The minimum Gasteiger partial charge on any atom is -0.358 e. The molecule has 3 N–H and O–H groups in total. The van der Waals surface area contributed by atoms with E-state index in [1.807, 2.05) is 36.4 Å². The van der Waals surface area contributed by atoms with Crippen LogP contribution in [0.5, 0.6) is 0 Å². The third-order valence-electron chi connectivity index (χ3n) is 5.85. The molecule has 0 atom stereocenters. The number of hydrogen-bond acceptors (Lipinski definition) is 2. The van der Waals surface area contributed by atoms with Gasteiger partial charge in [-0.3, -0.25) is 4.79 Å². The Bertz CT molecular complexity index is 1200. The average molecular weight is 372 g/mol. The van der Waals surface area contributed by atoms with Crippen molar-refractivity contribution >= 4 is 33.5 Å². The van der Waals surface area contributed by atoms with Gasteiger partial charge in [0.25, 0.3) is 0 Å². The molecule has 28 heavy (non-hydrogen) atoms. The number of aromatic nitrogens is 3. The van der Waals surface area contributed by atoms with Crippen LogP contribution in [0.2, 0.25) is 0 Å². The highest BCUT2D eigenvalue weighted by Gasteiger charge is 2.51. The number of H-pyrrole nitrogens is 2. The SMILES string of the molecule is CC(C)(C)c1cc2cc(NC(=O)C3(c4ccc5[nH]cnc5c4)CC3)ccc2[nH]1. The molecular weight excluding hydrogens is 348 g/mol. The lowest BCUT2D eigenvalue weighted by molar-refractivity contribution is -0.118. The molecule has 1 amide bonds. The van der Waals surface area contributed by atoms with Crippen LogP contribution in [0.1, 0.15) is 44.9 Å². The zero-order chi connectivity index (χ0) is 19.5. The number of fused-ring (bicyclic) bond motifs is 2. The summed E-state index contributed by atoms with van der Waals surface area (Å²) < 4.78 is 0. The fourth-order valence-electron chi connectivity index (χ4n) is 3.87. The zero-order valence-corrected chi connectivity index (χ0v) is 16.4. The van der Waals surface area contributed by atoms with Gasteiger partial charge < -0.3 is 15.3 Å². The minimum absolute atomic E-state index is 0.0609. The van der Waals surface area contributed by atoms with Gasteiger partial charge in [0, 0.05) is 27.7 Å². The molecule has 1 aliphatic carbocycles. The van der Waals surface area contributed by atoms with Crippen molar-refractivity contribution in [3.8, 4) is 0 Å². The topological polar surface area (TPSA) is 73.6 Å². The second-order valence-electron chi connectivity index (χ2n) is 8.91. The van der Waals surface area contributed by atoms with E-state index in [0.29, 0.717) is 0 Å². The van der Waals surface area contributed by atoms with Gasteiger partial charge in [0.15, 0.2) is 0 Å². The van der Waals surface area contributed by atoms with Crippen molar-refractivity contribution in [3.63, 3.8) is 0 Å². The van der Waals surface area contributed by atoms with Crippen molar-refractivity contribution in [2.45, 2.75) is 44.4 Å². The fraction of sp³-hybridized carbons (Fsp3) is 0.304. The molecule has 0 aliphatic heterocycles. The Morgan fingerprint density at radius 1 is 1.07 bits per heavy atom. The van der Waals surface area contributed by atoms with Crippen molar-refractivity contribution in [3.05, 3.63) is 60.0 Å². The van der Waals surface area contributed by atoms with Gasteiger partial charge in [0.1, 0.15) is 0 Å². The lowest BCUT2D eigenvalue weighted by Crippen LogP contribution is -2.27. The molecule has 5 nitrogen and oxygen atoms in total. The zero-order valence-electron chi connectivity index (χ0n) is 16.4. The number of rotatable bonds is 3. The molecule has 2 heterocycles. The number of benzene rings is 2.